The summed E-state index contributed by atoms with van der Waals surface area (Å²) in [6.07, 6.45) is 0.467. The zero-order chi connectivity index (χ0) is 27.9. The zero-order valence-electron chi connectivity index (χ0n) is 20.8. The van der Waals surface area contributed by atoms with Gasteiger partial charge in [-0.2, -0.15) is 4.90 Å². The van der Waals surface area contributed by atoms with Crippen molar-refractivity contribution in [2.75, 3.05) is 28.4 Å². The number of amides is 5. The van der Waals surface area contributed by atoms with E-state index < -0.39 is 63.1 Å². The van der Waals surface area contributed by atoms with Gasteiger partial charge in [0.15, 0.2) is 21.2 Å². The highest BCUT2D eigenvalue weighted by atomic mass is 35.5. The number of likely N-dealkylation sites (tertiary alicyclic amines) is 2. The summed E-state index contributed by atoms with van der Waals surface area (Å²) in [4.78, 5) is 63.1. The molecule has 0 aromatic heterocycles. The van der Waals surface area contributed by atoms with Crippen molar-refractivity contribution in [2.24, 2.45) is 17.8 Å². The Hall–Kier alpha value is -3.31. The number of phenolic OH excluding ortho intramolecular Hbond substituents is 1. The molecule has 1 N–H and O–H groups in total. The lowest BCUT2D eigenvalue weighted by molar-refractivity contribution is -0.139. The van der Waals surface area contributed by atoms with Gasteiger partial charge in [-0.1, -0.05) is 11.6 Å². The summed E-state index contributed by atoms with van der Waals surface area (Å²) in [6.45, 7) is 0. The second kappa shape index (κ2) is 8.60. The van der Waals surface area contributed by atoms with Gasteiger partial charge in [0, 0.05) is 13.0 Å². The summed E-state index contributed by atoms with van der Waals surface area (Å²) >= 11 is 14.2. The number of allylic oxidation sites excluding steroid dienone is 2. The predicted octanol–water partition coefficient (Wildman–Crippen LogP) is 2.16. The van der Waals surface area contributed by atoms with Crippen molar-refractivity contribution < 1.29 is 43.3 Å². The van der Waals surface area contributed by atoms with Crippen LogP contribution >= 0.6 is 23.2 Å². The Balaban J connectivity index is 1.75. The molecule has 1 saturated carbocycles. The van der Waals surface area contributed by atoms with E-state index in [0.29, 0.717) is 16.0 Å². The molecule has 0 bridgehead atoms. The fourth-order valence-electron chi connectivity index (χ4n) is 6.47. The molecule has 0 spiro atoms. The monoisotopic (exact) mass is 566 g/mol. The van der Waals surface area contributed by atoms with Crippen LogP contribution in [0.3, 0.4) is 0 Å². The average Bonchev–Trinajstić information content (AvgIpc) is 3.23. The molecule has 1 aromatic rings. The van der Waals surface area contributed by atoms with E-state index in [4.69, 9.17) is 32.7 Å². The first kappa shape index (κ1) is 26.3. The molecule has 13 heteroatoms. The first-order chi connectivity index (χ1) is 17.9. The molecule has 0 unspecified atom stereocenters. The molecular weight excluding hydrogens is 543 g/mol. The van der Waals surface area contributed by atoms with E-state index >= 15 is 0 Å². The van der Waals surface area contributed by atoms with Gasteiger partial charge in [0.25, 0.3) is 11.8 Å². The number of phenols is 1. The molecule has 5 rings (SSSR count). The van der Waals surface area contributed by atoms with Crippen LogP contribution in [0.15, 0.2) is 23.8 Å². The SMILES string of the molecule is COC(=O)N1C(=O)[C@H]2[C@H](CC=C3[C@H]2C[C@@]2(Cl)C(=O)N(C)C(=O)[C@@]2(Cl)[C@H]3c2cc(OC)c(O)c(OC)c2)C1=O. The van der Waals surface area contributed by atoms with Gasteiger partial charge in [0.05, 0.1) is 33.2 Å². The highest BCUT2D eigenvalue weighted by molar-refractivity contribution is 6.53. The molecule has 2 aliphatic carbocycles. The number of aromatic hydroxyl groups is 1. The number of carbonyl (C=O) groups excluding carboxylic acids is 5. The van der Waals surface area contributed by atoms with Crippen LogP contribution in [0.25, 0.3) is 0 Å². The number of fused-ring (bicyclic) bond motifs is 4. The van der Waals surface area contributed by atoms with Crippen molar-refractivity contribution >= 4 is 52.9 Å². The number of ether oxygens (including phenoxy) is 3. The summed E-state index contributed by atoms with van der Waals surface area (Å²) in [7, 11) is 5.00. The number of carbonyl (C=O) groups is 5. The van der Waals surface area contributed by atoms with Gasteiger partial charge in [0.2, 0.25) is 17.6 Å². The normalized spacial score (nSPS) is 34.0. The third kappa shape index (κ3) is 3.05. The van der Waals surface area contributed by atoms with Gasteiger partial charge in [-0.05, 0) is 36.5 Å². The van der Waals surface area contributed by atoms with Gasteiger partial charge in [-0.25, -0.2) is 4.79 Å². The topological polar surface area (TPSA) is 140 Å². The molecular formula is C25H24Cl2N2O9. The van der Waals surface area contributed by atoms with Gasteiger partial charge in [-0.3, -0.25) is 24.1 Å². The first-order valence-corrected chi connectivity index (χ1v) is 12.5. The first-order valence-electron chi connectivity index (χ1n) is 11.7. The average molecular weight is 567 g/mol. The Labute approximate surface area is 227 Å². The van der Waals surface area contributed by atoms with Gasteiger partial charge in [0.1, 0.15) is 0 Å². The number of rotatable bonds is 3. The van der Waals surface area contributed by atoms with Gasteiger partial charge < -0.3 is 19.3 Å². The van der Waals surface area contributed by atoms with E-state index in [0.717, 1.165) is 12.0 Å². The molecule has 2 saturated heterocycles. The Morgan fingerprint density at radius 3 is 2.16 bits per heavy atom. The second-order valence-electron chi connectivity index (χ2n) is 9.75. The molecule has 11 nitrogen and oxygen atoms in total. The number of halogens is 2. The van der Waals surface area contributed by atoms with E-state index in [2.05, 4.69) is 4.74 Å². The molecule has 2 heterocycles. The van der Waals surface area contributed by atoms with Crippen LogP contribution < -0.4 is 9.47 Å². The molecule has 5 amide bonds. The third-order valence-corrected chi connectivity index (χ3v) is 9.62. The van der Waals surface area contributed by atoms with Gasteiger partial charge in [-0.15, -0.1) is 23.2 Å². The van der Waals surface area contributed by atoms with E-state index in [1.165, 1.54) is 33.4 Å². The number of imide groups is 4. The van der Waals surface area contributed by atoms with Crippen molar-refractivity contribution in [3.05, 3.63) is 29.3 Å². The van der Waals surface area contributed by atoms with Crippen LogP contribution in [0.5, 0.6) is 17.2 Å². The smallest absolute Gasteiger partial charge is 0.423 e. The standard InChI is InChI=1S/C25H24Cl2N2O9/c1-28-21(33)24(26)9-13-11(5-6-12-16(13)20(32)29(19(12)31)23(35)38-4)17(25(24,27)22(28)34)10-7-14(36-2)18(30)15(8-10)37-3/h5,7-8,12-13,16-17,30H,6,9H2,1-4H3/t12-,13+,16-,17-,24+,25-/m0/s1. The summed E-state index contributed by atoms with van der Waals surface area (Å²) in [6, 6.07) is 2.91. The summed E-state index contributed by atoms with van der Waals surface area (Å²) in [5.74, 6) is -7.02. The zero-order valence-corrected chi connectivity index (χ0v) is 22.3. The summed E-state index contributed by atoms with van der Waals surface area (Å²) < 4.78 is 15.2. The largest absolute Gasteiger partial charge is 0.502 e. The Kier molecular flexibility index (Phi) is 5.96. The molecule has 4 aliphatic rings. The quantitative estimate of drug-likeness (QED) is 0.331. The number of methoxy groups -OCH3 is 3. The number of hydrogen-bond acceptors (Lipinski definition) is 9. The van der Waals surface area contributed by atoms with E-state index in [-0.39, 0.29) is 30.1 Å². The maximum Gasteiger partial charge on any atom is 0.423 e. The summed E-state index contributed by atoms with van der Waals surface area (Å²) in [5.41, 5.74) is 0.848. The molecule has 38 heavy (non-hydrogen) atoms. The van der Waals surface area contributed by atoms with Crippen molar-refractivity contribution in [3.63, 3.8) is 0 Å². The highest BCUT2D eigenvalue weighted by Crippen LogP contribution is 2.65. The highest BCUT2D eigenvalue weighted by Gasteiger charge is 2.76. The third-order valence-electron chi connectivity index (χ3n) is 8.21. The van der Waals surface area contributed by atoms with Crippen LogP contribution in [0.1, 0.15) is 24.3 Å². The number of hydrogen-bond donors (Lipinski definition) is 1. The number of nitrogens with zero attached hydrogens (tertiary/aromatic N) is 2. The number of benzene rings is 1. The molecule has 6 atom stereocenters. The maximum atomic E-state index is 13.6. The van der Waals surface area contributed by atoms with Crippen molar-refractivity contribution in [1.29, 1.82) is 0 Å². The lowest BCUT2D eigenvalue weighted by Crippen LogP contribution is -2.60. The Bertz CT molecular complexity index is 1320. The van der Waals surface area contributed by atoms with Crippen molar-refractivity contribution in [2.45, 2.75) is 28.5 Å². The Morgan fingerprint density at radius 1 is 1.00 bits per heavy atom. The molecule has 1 aromatic carbocycles. The lowest BCUT2D eigenvalue weighted by Gasteiger charge is -2.50. The minimum Gasteiger partial charge on any atom is -0.502 e. The lowest BCUT2D eigenvalue weighted by atomic mass is 9.56. The van der Waals surface area contributed by atoms with Crippen LogP contribution in [-0.2, 0) is 23.9 Å². The fraction of sp³-hybridized carbons (Fsp3) is 0.480. The number of alkyl halides is 2. The van der Waals surface area contributed by atoms with Crippen LogP contribution in [0.4, 0.5) is 4.79 Å². The minimum atomic E-state index is -2.02. The fourth-order valence-corrected chi connectivity index (χ4v) is 7.49. The maximum absolute atomic E-state index is 13.6. The molecule has 202 valence electrons. The van der Waals surface area contributed by atoms with Crippen molar-refractivity contribution in [1.82, 2.24) is 9.80 Å². The molecule has 0 radical (unpaired) electrons. The molecule has 3 fully saturated rings. The van der Waals surface area contributed by atoms with E-state index in [1.807, 2.05) is 0 Å². The van der Waals surface area contributed by atoms with E-state index in [1.54, 1.807) is 6.08 Å². The summed E-state index contributed by atoms with van der Waals surface area (Å²) in [5, 5.41) is 10.5. The minimum absolute atomic E-state index is 0.0188. The van der Waals surface area contributed by atoms with Crippen LogP contribution in [-0.4, -0.2) is 82.8 Å². The predicted molar refractivity (Wildman–Crippen MR) is 131 cm³/mol. The van der Waals surface area contributed by atoms with Crippen molar-refractivity contribution in [3.8, 4) is 17.2 Å². The molecule has 2 aliphatic heterocycles. The van der Waals surface area contributed by atoms with E-state index in [9.17, 15) is 29.1 Å². The van der Waals surface area contributed by atoms with Crippen LogP contribution in [0, 0.1) is 17.8 Å². The Morgan fingerprint density at radius 2 is 1.61 bits per heavy atom. The second-order valence-corrected chi connectivity index (χ2v) is 11.0. The van der Waals surface area contributed by atoms with Gasteiger partial charge >= 0.3 is 6.09 Å². The van der Waals surface area contributed by atoms with Crippen LogP contribution in [0.2, 0.25) is 0 Å².